The van der Waals surface area contributed by atoms with Gasteiger partial charge in [0, 0.05) is 17.3 Å². The van der Waals surface area contributed by atoms with E-state index in [0.717, 1.165) is 15.8 Å². The Morgan fingerprint density at radius 3 is 2.88 bits per heavy atom. The summed E-state index contributed by atoms with van der Waals surface area (Å²) in [6.07, 6.45) is 3.61. The lowest BCUT2D eigenvalue weighted by Gasteiger charge is -2.13. The normalized spacial score (nSPS) is 10.8. The zero-order valence-electron chi connectivity index (χ0n) is 9.81. The van der Waals surface area contributed by atoms with Crippen LogP contribution in [0.1, 0.15) is 13.8 Å². The number of nitrogens with two attached hydrogens (primary N) is 1. The molecule has 0 aliphatic rings. The molecule has 5 heteroatoms. The van der Waals surface area contributed by atoms with E-state index in [-0.39, 0.29) is 6.10 Å². The summed E-state index contributed by atoms with van der Waals surface area (Å²) >= 11 is 1.49. The van der Waals surface area contributed by atoms with Gasteiger partial charge in [0.25, 0.3) is 0 Å². The van der Waals surface area contributed by atoms with Crippen molar-refractivity contribution in [1.29, 1.82) is 0 Å². The van der Waals surface area contributed by atoms with E-state index in [2.05, 4.69) is 9.97 Å². The smallest absolute Gasteiger partial charge is 0.170 e. The molecule has 0 saturated carbocycles. The highest BCUT2D eigenvalue weighted by Gasteiger charge is 2.09. The molecule has 0 bridgehead atoms. The van der Waals surface area contributed by atoms with Gasteiger partial charge in [-0.3, -0.25) is 0 Å². The number of nitrogen functional groups attached to an aromatic ring is 1. The minimum absolute atomic E-state index is 0.112. The third-order valence-electron chi connectivity index (χ3n) is 2.07. The molecule has 0 aliphatic carbocycles. The number of nitrogens with one attached hydrogen (secondary N) is 1. The van der Waals surface area contributed by atoms with Crippen molar-refractivity contribution in [3.8, 4) is 5.75 Å². The predicted octanol–water partition coefficient (Wildman–Crippen LogP) is 2.93. The summed E-state index contributed by atoms with van der Waals surface area (Å²) < 4.78 is 5.64. The second kappa shape index (κ2) is 5.14. The number of hydrogen-bond donors (Lipinski definition) is 2. The standard InChI is InChI=1S/C12H15N3OS/c1-8(2)16-9-4-3-5-10(11(9)13)17-12-14-6-7-15-12/h3-8H,13H2,1-2H3,(H,14,15). The molecule has 4 nitrogen and oxygen atoms in total. The zero-order valence-corrected chi connectivity index (χ0v) is 10.6. The molecule has 2 aromatic rings. The quantitative estimate of drug-likeness (QED) is 0.818. The number of anilines is 1. The average molecular weight is 249 g/mol. The van der Waals surface area contributed by atoms with Crippen molar-refractivity contribution in [1.82, 2.24) is 9.97 Å². The van der Waals surface area contributed by atoms with Crippen LogP contribution in [-0.4, -0.2) is 16.1 Å². The monoisotopic (exact) mass is 249 g/mol. The van der Waals surface area contributed by atoms with E-state index in [9.17, 15) is 0 Å². The highest BCUT2D eigenvalue weighted by molar-refractivity contribution is 7.99. The van der Waals surface area contributed by atoms with Crippen LogP contribution in [0.25, 0.3) is 0 Å². The molecule has 17 heavy (non-hydrogen) atoms. The lowest BCUT2D eigenvalue weighted by atomic mass is 10.3. The van der Waals surface area contributed by atoms with E-state index in [0.29, 0.717) is 5.69 Å². The summed E-state index contributed by atoms with van der Waals surface area (Å²) in [5, 5.41) is 0.818. The Morgan fingerprint density at radius 1 is 1.41 bits per heavy atom. The number of rotatable bonds is 4. The Kier molecular flexibility index (Phi) is 3.58. The lowest BCUT2D eigenvalue weighted by molar-refractivity contribution is 0.243. The van der Waals surface area contributed by atoms with Crippen LogP contribution in [0.2, 0.25) is 0 Å². The first-order valence-electron chi connectivity index (χ1n) is 5.39. The molecule has 0 atom stereocenters. The number of ether oxygens (including phenoxy) is 1. The maximum atomic E-state index is 6.06. The van der Waals surface area contributed by atoms with Gasteiger partial charge >= 0.3 is 0 Å². The van der Waals surface area contributed by atoms with Gasteiger partial charge in [0.15, 0.2) is 5.16 Å². The molecule has 0 aliphatic heterocycles. The zero-order chi connectivity index (χ0) is 12.3. The van der Waals surface area contributed by atoms with Crippen LogP contribution in [-0.2, 0) is 0 Å². The molecule has 1 heterocycles. The van der Waals surface area contributed by atoms with Crippen LogP contribution < -0.4 is 10.5 Å². The molecular weight excluding hydrogens is 234 g/mol. The van der Waals surface area contributed by atoms with E-state index in [1.54, 1.807) is 12.4 Å². The molecule has 0 radical (unpaired) electrons. The minimum atomic E-state index is 0.112. The first kappa shape index (κ1) is 11.9. The molecule has 2 rings (SSSR count). The molecule has 0 saturated heterocycles. The minimum Gasteiger partial charge on any atom is -0.489 e. The third kappa shape index (κ3) is 2.94. The average Bonchev–Trinajstić information content (AvgIpc) is 2.76. The van der Waals surface area contributed by atoms with Crippen LogP contribution in [0, 0.1) is 0 Å². The predicted molar refractivity (Wildman–Crippen MR) is 69.3 cm³/mol. The number of aromatic amines is 1. The van der Waals surface area contributed by atoms with Gasteiger partial charge < -0.3 is 15.5 Å². The van der Waals surface area contributed by atoms with Gasteiger partial charge in [0.1, 0.15) is 5.75 Å². The Labute approximate surface area is 105 Å². The molecule has 0 spiro atoms. The molecule has 3 N–H and O–H groups in total. The van der Waals surface area contributed by atoms with Crippen molar-refractivity contribution in [2.24, 2.45) is 0 Å². The molecule has 1 aromatic carbocycles. The van der Waals surface area contributed by atoms with Crippen LogP contribution in [0.5, 0.6) is 5.75 Å². The number of para-hydroxylation sites is 1. The summed E-state index contributed by atoms with van der Waals surface area (Å²) in [6, 6.07) is 5.76. The number of benzene rings is 1. The highest BCUT2D eigenvalue weighted by atomic mass is 32.2. The fraction of sp³-hybridized carbons (Fsp3) is 0.250. The van der Waals surface area contributed by atoms with Gasteiger partial charge in [-0.1, -0.05) is 6.07 Å². The van der Waals surface area contributed by atoms with Crippen LogP contribution >= 0.6 is 11.8 Å². The van der Waals surface area contributed by atoms with Crippen molar-refractivity contribution in [2.45, 2.75) is 30.0 Å². The second-order valence-electron chi connectivity index (χ2n) is 3.83. The van der Waals surface area contributed by atoms with E-state index >= 15 is 0 Å². The maximum Gasteiger partial charge on any atom is 0.170 e. The largest absolute Gasteiger partial charge is 0.489 e. The fourth-order valence-corrected chi connectivity index (χ4v) is 2.19. The molecule has 0 fully saturated rings. The number of nitrogens with zero attached hydrogens (tertiary/aromatic N) is 1. The van der Waals surface area contributed by atoms with Crippen molar-refractivity contribution >= 4 is 17.4 Å². The Hall–Kier alpha value is -1.62. The number of imidazole rings is 1. The van der Waals surface area contributed by atoms with Gasteiger partial charge in [-0.05, 0) is 37.7 Å². The fourth-order valence-electron chi connectivity index (χ4n) is 1.38. The van der Waals surface area contributed by atoms with E-state index in [4.69, 9.17) is 10.5 Å². The molecule has 0 unspecified atom stereocenters. The van der Waals surface area contributed by atoms with E-state index in [1.807, 2.05) is 32.0 Å². The van der Waals surface area contributed by atoms with Gasteiger partial charge in [0.05, 0.1) is 11.8 Å². The van der Waals surface area contributed by atoms with Crippen LogP contribution in [0.4, 0.5) is 5.69 Å². The third-order valence-corrected chi connectivity index (χ3v) is 3.06. The SMILES string of the molecule is CC(C)Oc1cccc(Sc2ncc[nH]2)c1N. The number of H-pyrrole nitrogens is 1. The Morgan fingerprint density at radius 2 is 2.24 bits per heavy atom. The van der Waals surface area contributed by atoms with Gasteiger partial charge in [-0.2, -0.15) is 0 Å². The molecule has 1 aromatic heterocycles. The topological polar surface area (TPSA) is 63.9 Å². The van der Waals surface area contributed by atoms with Crippen LogP contribution in [0.3, 0.4) is 0 Å². The lowest BCUT2D eigenvalue weighted by Crippen LogP contribution is -2.07. The van der Waals surface area contributed by atoms with Crippen molar-refractivity contribution in [2.75, 3.05) is 5.73 Å². The van der Waals surface area contributed by atoms with E-state index in [1.165, 1.54) is 11.8 Å². The Balaban J connectivity index is 2.23. The summed E-state index contributed by atoms with van der Waals surface area (Å²) in [6.45, 7) is 3.96. The summed E-state index contributed by atoms with van der Waals surface area (Å²) in [5.41, 5.74) is 6.72. The Bertz CT molecular complexity index is 483. The summed E-state index contributed by atoms with van der Waals surface area (Å²) in [5.74, 6) is 0.719. The van der Waals surface area contributed by atoms with Gasteiger partial charge in [0.2, 0.25) is 0 Å². The van der Waals surface area contributed by atoms with Crippen molar-refractivity contribution in [3.63, 3.8) is 0 Å². The van der Waals surface area contributed by atoms with Gasteiger partial charge in [-0.25, -0.2) is 4.98 Å². The molecule has 0 amide bonds. The van der Waals surface area contributed by atoms with Gasteiger partial charge in [-0.15, -0.1) is 0 Å². The molecular formula is C12H15N3OS. The maximum absolute atomic E-state index is 6.06. The molecule has 90 valence electrons. The highest BCUT2D eigenvalue weighted by Crippen LogP contribution is 2.35. The van der Waals surface area contributed by atoms with E-state index < -0.39 is 0 Å². The number of aromatic nitrogens is 2. The second-order valence-corrected chi connectivity index (χ2v) is 4.86. The summed E-state index contributed by atoms with van der Waals surface area (Å²) in [4.78, 5) is 8.13. The first-order valence-corrected chi connectivity index (χ1v) is 6.21. The van der Waals surface area contributed by atoms with Crippen molar-refractivity contribution < 1.29 is 4.74 Å². The number of hydrogen-bond acceptors (Lipinski definition) is 4. The first-order chi connectivity index (χ1) is 8.16. The van der Waals surface area contributed by atoms with Crippen molar-refractivity contribution in [3.05, 3.63) is 30.6 Å². The summed E-state index contributed by atoms with van der Waals surface area (Å²) in [7, 11) is 0. The van der Waals surface area contributed by atoms with Crippen LogP contribution in [0.15, 0.2) is 40.6 Å².